The number of hydrogen-bond donors (Lipinski definition) is 0. The summed E-state index contributed by atoms with van der Waals surface area (Å²) in [5, 5.41) is 0. The first kappa shape index (κ1) is 32.6. The number of rotatable bonds is 0. The molecule has 0 saturated heterocycles. The van der Waals surface area contributed by atoms with E-state index in [2.05, 4.69) is 48.5 Å². The third kappa shape index (κ3) is 5.67. The van der Waals surface area contributed by atoms with Gasteiger partial charge in [-0.25, -0.2) is 0 Å². The highest BCUT2D eigenvalue weighted by Gasteiger charge is 2.61. The highest BCUT2D eigenvalue weighted by molar-refractivity contribution is 5.78. The van der Waals surface area contributed by atoms with Gasteiger partial charge in [0, 0.05) is 10.8 Å². The van der Waals surface area contributed by atoms with Crippen molar-refractivity contribution >= 4 is 0 Å². The van der Waals surface area contributed by atoms with E-state index in [9.17, 15) is 0 Å². The molecule has 2 aromatic carbocycles. The number of fused-ring (bicyclic) bond motifs is 3. The van der Waals surface area contributed by atoms with Crippen LogP contribution in [0, 0.1) is 0 Å². The molecule has 0 aliphatic heterocycles. The van der Waals surface area contributed by atoms with Gasteiger partial charge in [0.15, 0.2) is 0 Å². The van der Waals surface area contributed by atoms with Crippen LogP contribution in [0.25, 0.3) is 11.1 Å². The monoisotopic (exact) mass is 440 g/mol. The molecule has 0 heteroatoms. The average molecular weight is 441 g/mol. The van der Waals surface area contributed by atoms with Crippen molar-refractivity contribution in [1.29, 1.82) is 0 Å². The predicted octanol–water partition coefficient (Wildman–Crippen LogP) is 11.4. The van der Waals surface area contributed by atoms with E-state index in [4.69, 9.17) is 0 Å². The van der Waals surface area contributed by atoms with E-state index in [1.54, 1.807) is 11.1 Å². The Balaban J connectivity index is 0. The molecule has 0 N–H and O–H groups in total. The van der Waals surface area contributed by atoms with Gasteiger partial charge in [-0.2, -0.15) is 0 Å². The summed E-state index contributed by atoms with van der Waals surface area (Å²) in [6, 6.07) is 18.5. The minimum Gasteiger partial charge on any atom is -0.0683 e. The van der Waals surface area contributed by atoms with E-state index in [-0.39, 0.29) is 0 Å². The van der Waals surface area contributed by atoms with Crippen molar-refractivity contribution in [2.75, 3.05) is 0 Å². The number of hydrogen-bond acceptors (Lipinski definition) is 0. The summed E-state index contributed by atoms with van der Waals surface area (Å²) in [7, 11) is 0. The Morgan fingerprint density at radius 1 is 0.406 bits per heavy atom. The molecule has 0 atom stereocenters. The van der Waals surface area contributed by atoms with Crippen molar-refractivity contribution in [1.82, 2.24) is 0 Å². The van der Waals surface area contributed by atoms with Crippen LogP contribution >= 0.6 is 0 Å². The summed E-state index contributed by atoms with van der Waals surface area (Å²) in [5.74, 6) is 0. The largest absolute Gasteiger partial charge is 0.0683 e. The van der Waals surface area contributed by atoms with Crippen molar-refractivity contribution in [3.05, 3.63) is 59.7 Å². The zero-order valence-electron chi connectivity index (χ0n) is 23.9. The maximum atomic E-state index is 2.43. The maximum absolute atomic E-state index is 2.43. The lowest BCUT2D eigenvalue weighted by Gasteiger charge is -2.47. The number of benzene rings is 2. The lowest BCUT2D eigenvalue weighted by atomic mass is 9.55. The van der Waals surface area contributed by atoms with E-state index >= 15 is 0 Å². The van der Waals surface area contributed by atoms with Gasteiger partial charge in [-0.05, 0) is 47.9 Å². The molecule has 0 bridgehead atoms. The smallest absolute Gasteiger partial charge is 0.00562 e. The van der Waals surface area contributed by atoms with E-state index in [0.29, 0.717) is 10.8 Å². The van der Waals surface area contributed by atoms with Gasteiger partial charge in [0.2, 0.25) is 0 Å². The SMILES string of the molecule is CC.CC.CC.CC.CC.CC.c1ccc2c(c1)-c1ccccc1C13CCCC21CCC3. The van der Waals surface area contributed by atoms with Crippen molar-refractivity contribution in [2.45, 2.75) is 132 Å². The van der Waals surface area contributed by atoms with Crippen LogP contribution < -0.4 is 0 Å². The summed E-state index contributed by atoms with van der Waals surface area (Å²) in [6.45, 7) is 24.0. The Morgan fingerprint density at radius 2 is 0.656 bits per heavy atom. The Morgan fingerprint density at radius 3 is 0.938 bits per heavy atom. The van der Waals surface area contributed by atoms with Crippen molar-refractivity contribution in [2.24, 2.45) is 0 Å². The second kappa shape index (κ2) is 17.9. The Kier molecular flexibility index (Phi) is 18.3. The van der Waals surface area contributed by atoms with Crippen molar-refractivity contribution < 1.29 is 0 Å². The fourth-order valence-electron chi connectivity index (χ4n) is 5.92. The van der Waals surface area contributed by atoms with Crippen molar-refractivity contribution in [3.63, 3.8) is 0 Å². The summed E-state index contributed by atoms with van der Waals surface area (Å²) >= 11 is 0. The molecule has 2 saturated carbocycles. The van der Waals surface area contributed by atoms with Crippen LogP contribution in [-0.4, -0.2) is 0 Å². The molecular weight excluding hydrogens is 384 g/mol. The van der Waals surface area contributed by atoms with Crippen LogP contribution in [0.2, 0.25) is 0 Å². The second-order valence-corrected chi connectivity index (χ2v) is 6.96. The summed E-state index contributed by atoms with van der Waals surface area (Å²) in [5.41, 5.74) is 7.27. The van der Waals surface area contributed by atoms with Gasteiger partial charge < -0.3 is 0 Å². The summed E-state index contributed by atoms with van der Waals surface area (Å²) in [4.78, 5) is 0. The van der Waals surface area contributed by atoms with Gasteiger partial charge in [0.1, 0.15) is 0 Å². The first-order chi connectivity index (χ1) is 15.9. The van der Waals surface area contributed by atoms with Crippen LogP contribution in [0.15, 0.2) is 48.5 Å². The van der Waals surface area contributed by atoms with Crippen molar-refractivity contribution in [3.8, 4) is 11.1 Å². The average Bonchev–Trinajstić information content (AvgIpc) is 3.50. The minimum atomic E-state index is 0.456. The molecule has 0 aromatic heterocycles. The molecular formula is C32H56. The first-order valence-electron chi connectivity index (χ1n) is 14.1. The zero-order chi connectivity index (χ0) is 25.2. The first-order valence-corrected chi connectivity index (χ1v) is 14.1. The Labute approximate surface area is 203 Å². The lowest BCUT2D eigenvalue weighted by Crippen LogP contribution is -2.43. The Bertz CT molecular complexity index is 625. The van der Waals surface area contributed by atoms with Gasteiger partial charge in [0.25, 0.3) is 0 Å². The minimum absolute atomic E-state index is 0.456. The molecule has 5 rings (SSSR count). The fourth-order valence-corrected chi connectivity index (χ4v) is 5.92. The topological polar surface area (TPSA) is 0 Å². The molecule has 0 nitrogen and oxygen atoms in total. The molecule has 3 aliphatic rings. The van der Waals surface area contributed by atoms with E-state index in [1.807, 2.05) is 83.1 Å². The maximum Gasteiger partial charge on any atom is 0.00562 e. The molecule has 0 spiro atoms. The standard InChI is InChI=1S/C20H20.6C2H6/c1-3-9-17-15(7-1)16-8-2-4-10-18(16)20-13-5-11-19(17,20)12-6-14-20;6*1-2/h1-4,7-10H,5-6,11-14H2;6*1-2H3. The molecule has 2 aromatic rings. The molecule has 3 aliphatic carbocycles. The molecule has 184 valence electrons. The molecule has 32 heavy (non-hydrogen) atoms. The third-order valence-corrected chi connectivity index (χ3v) is 6.51. The second-order valence-electron chi connectivity index (χ2n) is 6.96. The van der Waals surface area contributed by atoms with Gasteiger partial charge in [0.05, 0.1) is 0 Å². The predicted molar refractivity (Wildman–Crippen MR) is 151 cm³/mol. The normalized spacial score (nSPS) is 21.9. The molecule has 2 fully saturated rings. The van der Waals surface area contributed by atoms with Gasteiger partial charge in [-0.15, -0.1) is 0 Å². The van der Waals surface area contributed by atoms with Crippen LogP contribution in [0.1, 0.15) is 133 Å². The van der Waals surface area contributed by atoms with Crippen LogP contribution in [0.5, 0.6) is 0 Å². The van der Waals surface area contributed by atoms with Crippen LogP contribution in [-0.2, 0) is 10.8 Å². The third-order valence-electron chi connectivity index (χ3n) is 6.51. The zero-order valence-corrected chi connectivity index (χ0v) is 23.9. The van der Waals surface area contributed by atoms with Gasteiger partial charge >= 0.3 is 0 Å². The highest BCUT2D eigenvalue weighted by atomic mass is 14.6. The quantitative estimate of drug-likeness (QED) is 0.382. The summed E-state index contributed by atoms with van der Waals surface area (Å²) in [6.07, 6.45) is 8.42. The lowest BCUT2D eigenvalue weighted by molar-refractivity contribution is 0.299. The van der Waals surface area contributed by atoms with E-state index < -0.39 is 0 Å². The van der Waals surface area contributed by atoms with E-state index in [1.165, 1.54) is 49.7 Å². The molecule has 0 unspecified atom stereocenters. The Hall–Kier alpha value is -1.56. The molecule has 0 heterocycles. The van der Waals surface area contributed by atoms with Crippen LogP contribution in [0.4, 0.5) is 0 Å². The highest BCUT2D eigenvalue weighted by Crippen LogP contribution is 2.68. The molecule has 0 amide bonds. The summed E-state index contributed by atoms with van der Waals surface area (Å²) < 4.78 is 0. The van der Waals surface area contributed by atoms with E-state index in [0.717, 1.165) is 0 Å². The van der Waals surface area contributed by atoms with Gasteiger partial charge in [-0.1, -0.05) is 144 Å². The van der Waals surface area contributed by atoms with Crippen LogP contribution in [0.3, 0.4) is 0 Å². The molecule has 0 radical (unpaired) electrons. The fraction of sp³-hybridized carbons (Fsp3) is 0.625. The van der Waals surface area contributed by atoms with Gasteiger partial charge in [-0.3, -0.25) is 0 Å².